The molecule has 15 nitrogen and oxygen atoms in total. The standard InChI is InChI=1S/C39H30O15/c1-6-7-8-11(28(45)35(52)32(49)17(8)31(48)23(6)40)14-10(7)24(41)19-20(25(14)42)39(4,5)22-21(38(19,2)3)26(43)15-12-9-13(16(15)27(22)44)30(47)37(54)34(51)18(9)33(50)36(53)29(12)46/h40-54H,1-5H3/p-1. The number of hydrogen-bond acceptors (Lipinski definition) is 15. The number of hydrogen-bond donors (Lipinski definition) is 14. The van der Waals surface area contributed by atoms with Crippen molar-refractivity contribution in [3.63, 3.8) is 0 Å². The molecule has 0 aliphatic heterocycles. The van der Waals surface area contributed by atoms with Crippen LogP contribution >= 0.6 is 0 Å². The quantitative estimate of drug-likeness (QED) is 0.0674. The third kappa shape index (κ3) is 3.02. The molecule has 6 aromatic carbocycles. The summed E-state index contributed by atoms with van der Waals surface area (Å²) in [6.45, 7) is 7.32. The number of rotatable bonds is 0. The van der Waals surface area contributed by atoms with Gasteiger partial charge in [0.05, 0.1) is 10.8 Å². The maximum absolute atomic E-state index is 13.3. The van der Waals surface area contributed by atoms with E-state index in [1.165, 1.54) is 34.6 Å². The number of fused-ring (bicyclic) bond motifs is 8. The molecule has 0 radical (unpaired) electrons. The van der Waals surface area contributed by atoms with Crippen LogP contribution in [0.3, 0.4) is 0 Å². The van der Waals surface area contributed by atoms with Crippen molar-refractivity contribution in [2.75, 3.05) is 0 Å². The van der Waals surface area contributed by atoms with Crippen LogP contribution < -0.4 is 5.11 Å². The average molecular weight is 738 g/mol. The minimum Gasteiger partial charge on any atom is -0.870 e. The van der Waals surface area contributed by atoms with Crippen LogP contribution in [-0.2, 0) is 10.8 Å². The van der Waals surface area contributed by atoms with E-state index in [1.54, 1.807) is 0 Å². The predicted octanol–water partition coefficient (Wildman–Crippen LogP) is 5.51. The van der Waals surface area contributed by atoms with E-state index in [1.807, 2.05) is 0 Å². The molecule has 0 saturated heterocycles. The molecule has 14 N–H and O–H groups in total. The van der Waals surface area contributed by atoms with Crippen LogP contribution in [0.5, 0.6) is 86.2 Å². The highest BCUT2D eigenvalue weighted by atomic mass is 16.3. The SMILES string of the molecule is Cc1c([O-])c(O)c2c(O)c(O)c(O)c3c2c1-c1c(O)c2c(c(O)c1-3)C(C)(C)c1c(O)c3c(c(O)c1C2(C)C)-c1c(O)c(O)c(O)c2c(O)c(O)c(O)c-3c12. The van der Waals surface area contributed by atoms with Gasteiger partial charge in [0.1, 0.15) is 28.7 Å². The van der Waals surface area contributed by atoms with Gasteiger partial charge in [-0.1, -0.05) is 33.4 Å². The predicted molar refractivity (Wildman–Crippen MR) is 189 cm³/mol. The van der Waals surface area contributed by atoms with Crippen LogP contribution in [0.2, 0.25) is 0 Å². The van der Waals surface area contributed by atoms with Gasteiger partial charge in [-0.2, -0.15) is 0 Å². The lowest BCUT2D eigenvalue weighted by Gasteiger charge is -2.46. The highest BCUT2D eigenvalue weighted by molar-refractivity contribution is 6.27. The smallest absolute Gasteiger partial charge is 0.201 e. The Hall–Kier alpha value is -7.16. The number of phenols is 14. The van der Waals surface area contributed by atoms with Crippen LogP contribution in [0.1, 0.15) is 55.5 Å². The molecular formula is C39H29O15-. The minimum atomic E-state index is -1.68. The van der Waals surface area contributed by atoms with Crippen LogP contribution in [0, 0.1) is 6.92 Å². The Balaban J connectivity index is 1.48. The first-order valence-corrected chi connectivity index (χ1v) is 16.3. The fourth-order valence-corrected chi connectivity index (χ4v) is 9.59. The zero-order valence-electron chi connectivity index (χ0n) is 28.7. The summed E-state index contributed by atoms with van der Waals surface area (Å²) in [4.78, 5) is 0. The minimum absolute atomic E-state index is 0.0590. The first kappa shape index (κ1) is 32.7. The highest BCUT2D eigenvalue weighted by Gasteiger charge is 2.54. The van der Waals surface area contributed by atoms with E-state index < -0.39 is 130 Å². The van der Waals surface area contributed by atoms with Gasteiger partial charge in [-0.25, -0.2) is 0 Å². The van der Waals surface area contributed by atoms with Gasteiger partial charge in [-0.05, 0) is 18.1 Å². The van der Waals surface area contributed by atoms with Crippen LogP contribution in [0.25, 0.3) is 66.1 Å². The first-order chi connectivity index (χ1) is 25.1. The van der Waals surface area contributed by atoms with E-state index in [9.17, 15) is 76.6 Å². The highest BCUT2D eigenvalue weighted by Crippen LogP contribution is 2.73. The summed E-state index contributed by atoms with van der Waals surface area (Å²) in [6.07, 6.45) is 0. The van der Waals surface area contributed by atoms with Crippen molar-refractivity contribution in [2.24, 2.45) is 0 Å². The van der Waals surface area contributed by atoms with Gasteiger partial charge >= 0.3 is 0 Å². The van der Waals surface area contributed by atoms with Crippen molar-refractivity contribution in [3.05, 3.63) is 27.8 Å². The molecule has 0 unspecified atom stereocenters. The Labute approximate surface area is 301 Å². The van der Waals surface area contributed by atoms with Gasteiger partial charge in [-0.15, -0.1) is 0 Å². The van der Waals surface area contributed by atoms with Crippen molar-refractivity contribution in [1.29, 1.82) is 0 Å². The summed E-state index contributed by atoms with van der Waals surface area (Å²) < 4.78 is 0. The molecule has 0 spiro atoms. The molecule has 9 rings (SSSR count). The fraction of sp³-hybridized carbons (Fsp3) is 0.179. The summed E-state index contributed by atoms with van der Waals surface area (Å²) in [6, 6.07) is 0. The second kappa shape index (κ2) is 9.06. The van der Waals surface area contributed by atoms with E-state index >= 15 is 0 Å². The van der Waals surface area contributed by atoms with Crippen molar-refractivity contribution in [3.8, 4) is 131 Å². The molecule has 0 fully saturated rings. The van der Waals surface area contributed by atoms with Gasteiger partial charge in [-0.3, -0.25) is 0 Å². The second-order valence-electron chi connectivity index (χ2n) is 15.1. The van der Waals surface area contributed by atoms with Crippen LogP contribution in [0.4, 0.5) is 0 Å². The van der Waals surface area contributed by atoms with Crippen molar-refractivity contribution in [2.45, 2.75) is 45.4 Å². The topological polar surface area (TPSA) is 306 Å². The lowest BCUT2D eigenvalue weighted by Crippen LogP contribution is -2.37. The second-order valence-corrected chi connectivity index (χ2v) is 15.1. The van der Waals surface area contributed by atoms with Crippen LogP contribution in [0.15, 0.2) is 0 Å². The zero-order chi connectivity index (χ0) is 39.5. The van der Waals surface area contributed by atoms with Gasteiger partial charge in [0.15, 0.2) is 34.5 Å². The maximum Gasteiger partial charge on any atom is 0.201 e. The summed E-state index contributed by atoms with van der Waals surface area (Å²) in [7, 11) is 0. The molecule has 6 aromatic rings. The summed E-state index contributed by atoms with van der Waals surface area (Å²) in [5.41, 5.74) is -6.46. The van der Waals surface area contributed by atoms with Crippen molar-refractivity contribution >= 4 is 21.5 Å². The lowest BCUT2D eigenvalue weighted by molar-refractivity contribution is -0.270. The number of benzene rings is 6. The average Bonchev–Trinajstić information content (AvgIpc) is 3.65. The van der Waals surface area contributed by atoms with E-state index in [2.05, 4.69) is 0 Å². The van der Waals surface area contributed by atoms with Gasteiger partial charge in [0.2, 0.25) is 17.2 Å². The molecule has 0 amide bonds. The van der Waals surface area contributed by atoms with E-state index in [4.69, 9.17) is 0 Å². The molecule has 3 aliphatic carbocycles. The normalized spacial score (nSPS) is 15.1. The Kier molecular flexibility index (Phi) is 5.49. The molecule has 276 valence electrons. The van der Waals surface area contributed by atoms with Crippen molar-refractivity contribution in [1.82, 2.24) is 0 Å². The maximum atomic E-state index is 13.3. The monoisotopic (exact) mass is 737 g/mol. The molecule has 0 aromatic heterocycles. The third-order valence-electron chi connectivity index (χ3n) is 11.8. The van der Waals surface area contributed by atoms with Gasteiger partial charge in [0, 0.05) is 82.8 Å². The third-order valence-corrected chi connectivity index (χ3v) is 11.8. The Morgan fingerprint density at radius 3 is 0.870 bits per heavy atom. The first-order valence-electron chi connectivity index (χ1n) is 16.3. The lowest BCUT2D eigenvalue weighted by atomic mass is 9.57. The summed E-state index contributed by atoms with van der Waals surface area (Å²) in [5.74, 6) is -14.2. The molecule has 0 saturated carbocycles. The van der Waals surface area contributed by atoms with Crippen LogP contribution in [-0.4, -0.2) is 71.5 Å². The van der Waals surface area contributed by atoms with E-state index in [0.29, 0.717) is 0 Å². The van der Waals surface area contributed by atoms with Gasteiger partial charge in [0.25, 0.3) is 0 Å². The Morgan fingerprint density at radius 1 is 0.296 bits per heavy atom. The summed E-state index contributed by atoms with van der Waals surface area (Å²) in [5, 5.41) is 170. The summed E-state index contributed by atoms with van der Waals surface area (Å²) >= 11 is 0. The molecule has 54 heavy (non-hydrogen) atoms. The number of phenolic OH excluding ortho intramolecular Hbond substituents is 14. The van der Waals surface area contributed by atoms with Gasteiger partial charge < -0.3 is 76.6 Å². The fourth-order valence-electron chi connectivity index (χ4n) is 9.59. The van der Waals surface area contributed by atoms with Crippen molar-refractivity contribution < 1.29 is 76.6 Å². The molecular weight excluding hydrogens is 708 g/mol. The molecule has 0 bridgehead atoms. The largest absolute Gasteiger partial charge is 0.870 e. The molecule has 3 aliphatic rings. The number of aromatic hydroxyl groups is 14. The molecule has 15 heteroatoms. The Morgan fingerprint density at radius 2 is 0.556 bits per heavy atom. The zero-order valence-corrected chi connectivity index (χ0v) is 28.7. The molecule has 0 atom stereocenters. The van der Waals surface area contributed by atoms with E-state index in [0.717, 1.165) is 0 Å². The Bertz CT molecular complexity index is 2550. The molecule has 0 heterocycles. The van der Waals surface area contributed by atoms with E-state index in [-0.39, 0.29) is 60.8 Å².